The Morgan fingerprint density at radius 1 is 0.967 bits per heavy atom. The van der Waals surface area contributed by atoms with Gasteiger partial charge in [-0.25, -0.2) is 0 Å². The molecule has 0 saturated carbocycles. The summed E-state index contributed by atoms with van der Waals surface area (Å²) in [5.41, 5.74) is 1.58. The fraction of sp³-hybridized carbons (Fsp3) is 0.500. The average Bonchev–Trinajstić information content (AvgIpc) is 2.60. The summed E-state index contributed by atoms with van der Waals surface area (Å²) < 4.78 is 12.3. The van der Waals surface area contributed by atoms with Crippen molar-refractivity contribution < 1.29 is 24.2 Å². The molecule has 5 nitrogen and oxygen atoms in total. The molecule has 160 valence electrons. The van der Waals surface area contributed by atoms with Gasteiger partial charge >= 0.3 is 0 Å². The Labute approximate surface area is 190 Å². The maximum Gasteiger partial charge on any atom is 0.171 e. The minimum Gasteiger partial charge on any atom is -0.504 e. The molecule has 0 unspecified atom stereocenters. The molecule has 3 aliphatic rings. The minimum absolute atomic E-state index is 0.0254. The first kappa shape index (κ1) is 21.4. The third kappa shape index (κ3) is 3.57. The Morgan fingerprint density at radius 3 is 1.93 bits per heavy atom. The molecule has 1 aromatic rings. The van der Waals surface area contributed by atoms with E-state index in [9.17, 15) is 14.7 Å². The van der Waals surface area contributed by atoms with Crippen molar-refractivity contribution in [3.63, 3.8) is 0 Å². The molecule has 2 aliphatic carbocycles. The van der Waals surface area contributed by atoms with Crippen molar-refractivity contribution in [2.75, 3.05) is 7.11 Å². The second-order valence-electron chi connectivity index (χ2n) is 10.1. The Balaban J connectivity index is 1.96. The van der Waals surface area contributed by atoms with E-state index in [1.165, 1.54) is 7.11 Å². The molecule has 0 radical (unpaired) electrons. The zero-order valence-corrected chi connectivity index (χ0v) is 20.2. The second-order valence-corrected chi connectivity index (χ2v) is 11.3. The van der Waals surface area contributed by atoms with E-state index in [4.69, 9.17) is 9.47 Å². The van der Waals surface area contributed by atoms with Crippen molar-refractivity contribution in [2.24, 2.45) is 10.8 Å². The first-order valence-electron chi connectivity index (χ1n) is 10.2. The fourth-order valence-electron chi connectivity index (χ4n) is 4.92. The number of benzene rings is 1. The highest BCUT2D eigenvalue weighted by atomic mass is 127. The normalized spacial score (nSPS) is 23.1. The standard InChI is InChI=1S/C24H27IO5/c1-23(2)8-14(26)20-17(10-23)30-18-11-24(3,4)9-15(27)21(18)19(20)12-6-13(25)22(28)16(7-12)29-5/h6-7,19,28H,8-11H2,1-5H3. The van der Waals surface area contributed by atoms with E-state index in [1.54, 1.807) is 6.07 Å². The molecule has 0 saturated heterocycles. The number of hydrogen-bond donors (Lipinski definition) is 1. The maximum atomic E-state index is 13.3. The van der Waals surface area contributed by atoms with Crippen molar-refractivity contribution in [1.29, 1.82) is 0 Å². The van der Waals surface area contributed by atoms with Crippen LogP contribution in [0.1, 0.15) is 64.9 Å². The zero-order chi connectivity index (χ0) is 22.0. The number of carbonyl (C=O) groups excluding carboxylic acids is 2. The van der Waals surface area contributed by atoms with Crippen LogP contribution in [0.4, 0.5) is 0 Å². The summed E-state index contributed by atoms with van der Waals surface area (Å²) in [7, 11) is 1.50. The SMILES string of the molecule is COc1cc(C2C3=C(CC(C)(C)CC3=O)OC3=C2C(=O)CC(C)(C)C3)cc(I)c1O. The molecule has 6 heteroatoms. The van der Waals surface area contributed by atoms with Crippen molar-refractivity contribution in [2.45, 2.75) is 59.3 Å². The maximum absolute atomic E-state index is 13.3. The van der Waals surface area contributed by atoms with E-state index in [2.05, 4.69) is 27.7 Å². The number of rotatable bonds is 2. The lowest BCUT2D eigenvalue weighted by Crippen LogP contribution is -2.37. The van der Waals surface area contributed by atoms with Gasteiger partial charge in [0.25, 0.3) is 0 Å². The quantitative estimate of drug-likeness (QED) is 0.527. The largest absolute Gasteiger partial charge is 0.504 e. The van der Waals surface area contributed by atoms with Crippen LogP contribution in [0.3, 0.4) is 0 Å². The van der Waals surface area contributed by atoms with Crippen molar-refractivity contribution in [3.05, 3.63) is 43.9 Å². The highest BCUT2D eigenvalue weighted by Crippen LogP contribution is 2.54. The monoisotopic (exact) mass is 522 g/mol. The first-order valence-corrected chi connectivity index (χ1v) is 11.3. The van der Waals surface area contributed by atoms with Crippen LogP contribution in [0.2, 0.25) is 0 Å². The molecular formula is C24H27IO5. The van der Waals surface area contributed by atoms with E-state index in [0.717, 1.165) is 5.56 Å². The summed E-state index contributed by atoms with van der Waals surface area (Å²) in [4.78, 5) is 26.6. The van der Waals surface area contributed by atoms with Crippen molar-refractivity contribution >= 4 is 34.2 Å². The smallest absolute Gasteiger partial charge is 0.171 e. The van der Waals surface area contributed by atoms with Crippen LogP contribution < -0.4 is 4.74 Å². The van der Waals surface area contributed by atoms with Gasteiger partial charge in [0.05, 0.1) is 10.7 Å². The molecule has 1 heterocycles. The van der Waals surface area contributed by atoms with Gasteiger partial charge in [-0.1, -0.05) is 27.7 Å². The van der Waals surface area contributed by atoms with Gasteiger partial charge in [0.15, 0.2) is 23.1 Å². The van der Waals surface area contributed by atoms with E-state index < -0.39 is 5.92 Å². The summed E-state index contributed by atoms with van der Waals surface area (Å²) in [6.45, 7) is 8.28. The van der Waals surface area contributed by atoms with E-state index in [0.29, 0.717) is 57.7 Å². The molecule has 0 atom stereocenters. The molecule has 0 amide bonds. The molecule has 0 spiro atoms. The number of hydrogen-bond acceptors (Lipinski definition) is 5. The molecule has 30 heavy (non-hydrogen) atoms. The first-order chi connectivity index (χ1) is 13.9. The van der Waals surface area contributed by atoms with Gasteiger partial charge in [-0.05, 0) is 51.1 Å². The number of methoxy groups -OCH3 is 1. The number of allylic oxidation sites excluding steroid dienone is 4. The van der Waals surface area contributed by atoms with Crippen molar-refractivity contribution in [3.8, 4) is 11.5 Å². The summed E-state index contributed by atoms with van der Waals surface area (Å²) in [5, 5.41) is 10.3. The van der Waals surface area contributed by atoms with Crippen LogP contribution in [-0.4, -0.2) is 23.8 Å². The Hall–Kier alpha value is -1.83. The Kier molecular flexibility index (Phi) is 5.07. The van der Waals surface area contributed by atoms with E-state index in [-0.39, 0.29) is 28.1 Å². The number of Topliss-reactive ketones (excluding diaryl/α,β-unsaturated/α-hetero) is 2. The van der Waals surface area contributed by atoms with Crippen LogP contribution in [0.25, 0.3) is 0 Å². The second kappa shape index (κ2) is 7.11. The molecule has 1 N–H and O–H groups in total. The Bertz CT molecular complexity index is 976. The van der Waals surface area contributed by atoms with Gasteiger partial charge in [0, 0.05) is 42.7 Å². The lowest BCUT2D eigenvalue weighted by molar-refractivity contribution is -0.120. The van der Waals surface area contributed by atoms with Crippen LogP contribution >= 0.6 is 22.6 Å². The molecular weight excluding hydrogens is 495 g/mol. The van der Waals surface area contributed by atoms with E-state index >= 15 is 0 Å². The van der Waals surface area contributed by atoms with Gasteiger partial charge in [0.2, 0.25) is 0 Å². The number of halogens is 1. The van der Waals surface area contributed by atoms with Gasteiger partial charge < -0.3 is 14.6 Å². The predicted molar refractivity (Wildman–Crippen MR) is 121 cm³/mol. The molecule has 0 aromatic heterocycles. The number of aromatic hydroxyl groups is 1. The fourth-order valence-corrected chi connectivity index (χ4v) is 5.55. The summed E-state index contributed by atoms with van der Waals surface area (Å²) >= 11 is 2.05. The zero-order valence-electron chi connectivity index (χ0n) is 18.0. The molecule has 1 aromatic carbocycles. The number of carbonyl (C=O) groups is 2. The molecule has 1 aliphatic heterocycles. The molecule has 4 rings (SSSR count). The van der Waals surface area contributed by atoms with Gasteiger partial charge in [-0.3, -0.25) is 9.59 Å². The number of phenols is 1. The number of ether oxygens (including phenoxy) is 2. The van der Waals surface area contributed by atoms with Gasteiger partial charge in [-0.2, -0.15) is 0 Å². The summed E-state index contributed by atoms with van der Waals surface area (Å²) in [5.74, 6) is 1.33. The lowest BCUT2D eigenvalue weighted by atomic mass is 9.65. The van der Waals surface area contributed by atoms with Crippen LogP contribution in [0, 0.1) is 14.4 Å². The third-order valence-electron chi connectivity index (χ3n) is 6.19. The van der Waals surface area contributed by atoms with Crippen LogP contribution in [0.15, 0.2) is 34.8 Å². The minimum atomic E-state index is -0.487. The number of phenolic OH excluding ortho intramolecular Hbond substituents is 1. The summed E-state index contributed by atoms with van der Waals surface area (Å²) in [6.07, 6.45) is 2.14. The predicted octanol–water partition coefficient (Wildman–Crippen LogP) is 5.41. The van der Waals surface area contributed by atoms with Crippen LogP contribution in [0.5, 0.6) is 11.5 Å². The van der Waals surface area contributed by atoms with Gasteiger partial charge in [-0.15, -0.1) is 0 Å². The highest BCUT2D eigenvalue weighted by molar-refractivity contribution is 14.1. The summed E-state index contributed by atoms with van der Waals surface area (Å²) in [6, 6.07) is 3.58. The topological polar surface area (TPSA) is 72.8 Å². The number of ketones is 2. The molecule has 0 bridgehead atoms. The molecule has 0 fully saturated rings. The third-order valence-corrected chi connectivity index (χ3v) is 7.01. The van der Waals surface area contributed by atoms with E-state index in [1.807, 2.05) is 28.7 Å². The average molecular weight is 522 g/mol. The van der Waals surface area contributed by atoms with Crippen LogP contribution in [-0.2, 0) is 14.3 Å². The van der Waals surface area contributed by atoms with Gasteiger partial charge in [0.1, 0.15) is 11.5 Å². The van der Waals surface area contributed by atoms with Crippen molar-refractivity contribution in [1.82, 2.24) is 0 Å². The highest BCUT2D eigenvalue weighted by Gasteiger charge is 2.48. The lowest BCUT2D eigenvalue weighted by Gasteiger charge is -2.42. The Morgan fingerprint density at radius 2 is 1.47 bits per heavy atom.